The van der Waals surface area contributed by atoms with Crippen LogP contribution in [-0.4, -0.2) is 30.8 Å². The van der Waals surface area contributed by atoms with Gasteiger partial charge >= 0.3 is 0 Å². The molecule has 0 unspecified atom stereocenters. The SMILES string of the molecule is CCOc1ccc(CC(=O)NCC(C)(C)CCO)cc1. The van der Waals surface area contributed by atoms with Crippen LogP contribution in [0.4, 0.5) is 0 Å². The lowest BCUT2D eigenvalue weighted by Crippen LogP contribution is -2.35. The molecule has 0 aliphatic heterocycles. The minimum atomic E-state index is -0.0801. The Morgan fingerprint density at radius 3 is 2.50 bits per heavy atom. The van der Waals surface area contributed by atoms with Crippen LogP contribution in [0.2, 0.25) is 0 Å². The van der Waals surface area contributed by atoms with Crippen molar-refractivity contribution in [1.29, 1.82) is 0 Å². The highest BCUT2D eigenvalue weighted by atomic mass is 16.5. The molecule has 1 aromatic carbocycles. The molecule has 0 fully saturated rings. The van der Waals surface area contributed by atoms with Crippen molar-refractivity contribution in [3.05, 3.63) is 29.8 Å². The number of amides is 1. The van der Waals surface area contributed by atoms with E-state index in [1.807, 2.05) is 45.0 Å². The lowest BCUT2D eigenvalue weighted by Gasteiger charge is -2.23. The Morgan fingerprint density at radius 1 is 1.30 bits per heavy atom. The Balaban J connectivity index is 2.42. The van der Waals surface area contributed by atoms with Gasteiger partial charge in [0.1, 0.15) is 5.75 Å². The maximum absolute atomic E-state index is 11.9. The highest BCUT2D eigenvalue weighted by molar-refractivity contribution is 5.78. The Labute approximate surface area is 121 Å². The molecular weight excluding hydrogens is 254 g/mol. The molecule has 0 heterocycles. The first-order valence-corrected chi connectivity index (χ1v) is 7.06. The van der Waals surface area contributed by atoms with Crippen LogP contribution in [0.15, 0.2) is 24.3 Å². The zero-order valence-corrected chi connectivity index (χ0v) is 12.6. The molecule has 0 radical (unpaired) electrons. The van der Waals surface area contributed by atoms with Gasteiger partial charge in [0.15, 0.2) is 0 Å². The second-order valence-corrected chi connectivity index (χ2v) is 5.67. The smallest absolute Gasteiger partial charge is 0.224 e. The molecule has 4 nitrogen and oxygen atoms in total. The van der Waals surface area contributed by atoms with Gasteiger partial charge in [0.2, 0.25) is 5.91 Å². The van der Waals surface area contributed by atoms with Crippen LogP contribution < -0.4 is 10.1 Å². The van der Waals surface area contributed by atoms with Crippen molar-refractivity contribution in [3.8, 4) is 5.75 Å². The van der Waals surface area contributed by atoms with Crippen molar-refractivity contribution in [2.75, 3.05) is 19.8 Å². The Morgan fingerprint density at radius 2 is 1.95 bits per heavy atom. The summed E-state index contributed by atoms with van der Waals surface area (Å²) in [5, 5.41) is 11.9. The first-order chi connectivity index (χ1) is 9.46. The van der Waals surface area contributed by atoms with E-state index in [-0.39, 0.29) is 17.9 Å². The Bertz CT molecular complexity index is 412. The van der Waals surface area contributed by atoms with Crippen molar-refractivity contribution in [2.45, 2.75) is 33.6 Å². The fourth-order valence-electron chi connectivity index (χ4n) is 1.85. The number of carbonyl (C=O) groups is 1. The van der Waals surface area contributed by atoms with E-state index in [9.17, 15) is 4.79 Å². The van der Waals surface area contributed by atoms with Gasteiger partial charge in [-0.1, -0.05) is 26.0 Å². The van der Waals surface area contributed by atoms with Gasteiger partial charge in [0.25, 0.3) is 0 Å². The summed E-state index contributed by atoms with van der Waals surface area (Å²) in [6.07, 6.45) is 1.04. The number of benzene rings is 1. The molecule has 4 heteroatoms. The molecule has 0 aliphatic rings. The predicted molar refractivity (Wildman–Crippen MR) is 79.8 cm³/mol. The standard InChI is InChI=1S/C16H25NO3/c1-4-20-14-7-5-13(6-8-14)11-15(19)17-12-16(2,3)9-10-18/h5-8,18H,4,9-12H2,1-3H3,(H,17,19). The molecule has 0 atom stereocenters. The number of rotatable bonds is 8. The summed E-state index contributed by atoms with van der Waals surface area (Å²) >= 11 is 0. The van der Waals surface area contributed by atoms with Crippen molar-refractivity contribution < 1.29 is 14.6 Å². The van der Waals surface area contributed by atoms with E-state index in [0.29, 0.717) is 26.0 Å². The normalized spacial score (nSPS) is 11.2. The molecule has 1 rings (SSSR count). The fraction of sp³-hybridized carbons (Fsp3) is 0.562. The first kappa shape index (κ1) is 16.5. The van der Waals surface area contributed by atoms with Crippen LogP contribution in [-0.2, 0) is 11.2 Å². The van der Waals surface area contributed by atoms with Gasteiger partial charge in [-0.2, -0.15) is 0 Å². The zero-order valence-electron chi connectivity index (χ0n) is 12.6. The quantitative estimate of drug-likeness (QED) is 0.766. The van der Waals surface area contributed by atoms with E-state index >= 15 is 0 Å². The molecule has 112 valence electrons. The van der Waals surface area contributed by atoms with E-state index < -0.39 is 0 Å². The fourth-order valence-corrected chi connectivity index (χ4v) is 1.85. The maximum Gasteiger partial charge on any atom is 0.224 e. The summed E-state index contributed by atoms with van der Waals surface area (Å²) in [6, 6.07) is 7.57. The lowest BCUT2D eigenvalue weighted by atomic mass is 9.89. The number of nitrogens with one attached hydrogen (secondary N) is 1. The highest BCUT2D eigenvalue weighted by Crippen LogP contribution is 2.18. The van der Waals surface area contributed by atoms with Crippen LogP contribution in [0.25, 0.3) is 0 Å². The van der Waals surface area contributed by atoms with Gasteiger partial charge in [0, 0.05) is 13.2 Å². The molecule has 1 amide bonds. The number of ether oxygens (including phenoxy) is 1. The Hall–Kier alpha value is -1.55. The average molecular weight is 279 g/mol. The van der Waals surface area contributed by atoms with Gasteiger partial charge in [-0.05, 0) is 36.5 Å². The van der Waals surface area contributed by atoms with E-state index in [1.54, 1.807) is 0 Å². The van der Waals surface area contributed by atoms with Crippen LogP contribution in [0.5, 0.6) is 5.75 Å². The van der Waals surface area contributed by atoms with E-state index in [1.165, 1.54) is 0 Å². The monoisotopic (exact) mass is 279 g/mol. The van der Waals surface area contributed by atoms with E-state index in [4.69, 9.17) is 9.84 Å². The van der Waals surface area contributed by atoms with Gasteiger partial charge in [-0.25, -0.2) is 0 Å². The number of aliphatic hydroxyl groups excluding tert-OH is 1. The molecule has 0 bridgehead atoms. The molecule has 0 saturated heterocycles. The number of carbonyl (C=O) groups excluding carboxylic acids is 1. The van der Waals surface area contributed by atoms with Gasteiger partial charge in [-0.15, -0.1) is 0 Å². The molecule has 2 N–H and O–H groups in total. The van der Waals surface area contributed by atoms with Gasteiger partial charge in [0.05, 0.1) is 13.0 Å². The topological polar surface area (TPSA) is 58.6 Å². The first-order valence-electron chi connectivity index (χ1n) is 7.06. The number of hydrogen-bond acceptors (Lipinski definition) is 3. The molecule has 1 aromatic rings. The summed E-state index contributed by atoms with van der Waals surface area (Å²) < 4.78 is 5.36. The van der Waals surface area contributed by atoms with Crippen LogP contribution in [0.1, 0.15) is 32.8 Å². The third-order valence-corrected chi connectivity index (χ3v) is 3.15. The van der Waals surface area contributed by atoms with Gasteiger partial charge < -0.3 is 15.2 Å². The molecule has 0 spiro atoms. The molecular formula is C16H25NO3. The van der Waals surface area contributed by atoms with Gasteiger partial charge in [-0.3, -0.25) is 4.79 Å². The average Bonchev–Trinajstić information content (AvgIpc) is 2.39. The second kappa shape index (κ2) is 7.90. The number of aliphatic hydroxyl groups is 1. The summed E-state index contributed by atoms with van der Waals surface area (Å²) in [4.78, 5) is 11.9. The minimum absolute atomic E-state index is 0.000162. The van der Waals surface area contributed by atoms with Crippen LogP contribution >= 0.6 is 0 Å². The van der Waals surface area contributed by atoms with Crippen LogP contribution in [0.3, 0.4) is 0 Å². The lowest BCUT2D eigenvalue weighted by molar-refractivity contribution is -0.120. The largest absolute Gasteiger partial charge is 0.494 e. The zero-order chi connectivity index (χ0) is 15.0. The minimum Gasteiger partial charge on any atom is -0.494 e. The predicted octanol–water partition coefficient (Wildman–Crippen LogP) is 2.15. The van der Waals surface area contributed by atoms with E-state index in [2.05, 4.69) is 5.32 Å². The van der Waals surface area contributed by atoms with Crippen molar-refractivity contribution in [3.63, 3.8) is 0 Å². The summed E-state index contributed by atoms with van der Waals surface area (Å²) in [5.41, 5.74) is 0.884. The molecule has 0 aliphatic carbocycles. The molecule has 0 aromatic heterocycles. The molecule has 0 saturated carbocycles. The second-order valence-electron chi connectivity index (χ2n) is 5.67. The molecule has 20 heavy (non-hydrogen) atoms. The van der Waals surface area contributed by atoms with Crippen LogP contribution in [0, 0.1) is 5.41 Å². The third kappa shape index (κ3) is 6.06. The third-order valence-electron chi connectivity index (χ3n) is 3.15. The van der Waals surface area contributed by atoms with E-state index in [0.717, 1.165) is 11.3 Å². The van der Waals surface area contributed by atoms with Crippen molar-refractivity contribution in [2.24, 2.45) is 5.41 Å². The van der Waals surface area contributed by atoms with Crippen molar-refractivity contribution in [1.82, 2.24) is 5.32 Å². The Kier molecular flexibility index (Phi) is 6.52. The van der Waals surface area contributed by atoms with Crippen molar-refractivity contribution >= 4 is 5.91 Å². The highest BCUT2D eigenvalue weighted by Gasteiger charge is 2.18. The summed E-state index contributed by atoms with van der Waals surface area (Å²) in [7, 11) is 0. The summed E-state index contributed by atoms with van der Waals surface area (Å²) in [5.74, 6) is 0.820. The summed E-state index contributed by atoms with van der Waals surface area (Å²) in [6.45, 7) is 7.35. The maximum atomic E-state index is 11.9. The number of hydrogen-bond donors (Lipinski definition) is 2.